The number of ether oxygens (including phenoxy) is 1. The number of carbonyl (C=O) groups is 1. The van der Waals surface area contributed by atoms with Crippen molar-refractivity contribution in [2.45, 2.75) is 79.8 Å². The van der Waals surface area contributed by atoms with E-state index in [0.29, 0.717) is 6.42 Å². The fraction of sp³-hybridized carbons (Fsp3) is 0.522. The van der Waals surface area contributed by atoms with Crippen molar-refractivity contribution in [3.8, 4) is 0 Å². The van der Waals surface area contributed by atoms with Gasteiger partial charge in [-0.25, -0.2) is 4.79 Å². The molecular weight excluding hydrogens is 308 g/mol. The van der Waals surface area contributed by atoms with Crippen LogP contribution in [0.5, 0.6) is 0 Å². The molecule has 0 aromatic rings. The van der Waals surface area contributed by atoms with Crippen molar-refractivity contribution in [1.29, 1.82) is 0 Å². The Hall–Kier alpha value is -1.83. The summed E-state index contributed by atoms with van der Waals surface area (Å²) >= 11 is 0. The molecule has 140 valence electrons. The van der Waals surface area contributed by atoms with Crippen molar-refractivity contribution < 1.29 is 9.53 Å². The van der Waals surface area contributed by atoms with Crippen LogP contribution in [0.25, 0.3) is 0 Å². The lowest BCUT2D eigenvalue weighted by Gasteiger charge is -2.13. The quantitative estimate of drug-likeness (QED) is 0.232. The van der Waals surface area contributed by atoms with Crippen LogP contribution in [-0.2, 0) is 9.53 Å². The standard InChI is InChI=1S/C23H36O2/c1-8-23(24)25-22(17-21(7)14-10-12-19(4)5)16-15-20(6)13-9-11-18(2)3/h8,11-12,15,17,22H,1,9-10,13-14,16H2,2-7H3. The largest absolute Gasteiger partial charge is 0.455 e. The van der Waals surface area contributed by atoms with Gasteiger partial charge in [-0.1, -0.05) is 47.1 Å². The predicted molar refractivity (Wildman–Crippen MR) is 110 cm³/mol. The molecule has 0 heterocycles. The van der Waals surface area contributed by atoms with Crippen molar-refractivity contribution in [2.75, 3.05) is 0 Å². The fourth-order valence-corrected chi connectivity index (χ4v) is 2.34. The van der Waals surface area contributed by atoms with Gasteiger partial charge in [-0.15, -0.1) is 0 Å². The number of carbonyl (C=O) groups excluding carboxylic acids is 1. The van der Waals surface area contributed by atoms with Crippen LogP contribution in [-0.4, -0.2) is 12.1 Å². The summed E-state index contributed by atoms with van der Waals surface area (Å²) in [6, 6.07) is 0. The Kier molecular flexibility index (Phi) is 12.5. The van der Waals surface area contributed by atoms with E-state index in [1.54, 1.807) is 0 Å². The molecule has 2 heteroatoms. The summed E-state index contributed by atoms with van der Waals surface area (Å²) in [7, 11) is 0. The summed E-state index contributed by atoms with van der Waals surface area (Å²) in [6.07, 6.45) is 14.5. The van der Waals surface area contributed by atoms with E-state index < -0.39 is 0 Å². The second-order valence-corrected chi connectivity index (χ2v) is 7.12. The third-order valence-corrected chi connectivity index (χ3v) is 3.79. The van der Waals surface area contributed by atoms with E-state index in [4.69, 9.17) is 4.74 Å². The Morgan fingerprint density at radius 1 is 0.880 bits per heavy atom. The highest BCUT2D eigenvalue weighted by molar-refractivity contribution is 5.81. The molecule has 0 aliphatic heterocycles. The third-order valence-electron chi connectivity index (χ3n) is 3.79. The van der Waals surface area contributed by atoms with Gasteiger partial charge in [0.05, 0.1) is 0 Å². The van der Waals surface area contributed by atoms with E-state index in [1.165, 1.54) is 28.4 Å². The summed E-state index contributed by atoms with van der Waals surface area (Å²) in [5.41, 5.74) is 5.25. The SMILES string of the molecule is C=CC(=O)OC(C=C(C)CCC=C(C)C)CC=C(C)CCC=C(C)C. The molecule has 0 rings (SSSR count). The first-order valence-electron chi connectivity index (χ1n) is 9.17. The Morgan fingerprint density at radius 3 is 1.88 bits per heavy atom. The molecule has 0 N–H and O–H groups in total. The third kappa shape index (κ3) is 14.2. The van der Waals surface area contributed by atoms with Crippen LogP contribution < -0.4 is 0 Å². The highest BCUT2D eigenvalue weighted by atomic mass is 16.5. The molecule has 0 saturated heterocycles. The molecule has 0 radical (unpaired) electrons. The monoisotopic (exact) mass is 344 g/mol. The molecule has 0 aliphatic rings. The lowest BCUT2D eigenvalue weighted by molar-refractivity contribution is -0.140. The number of hydrogen-bond acceptors (Lipinski definition) is 2. The molecule has 0 fully saturated rings. The molecule has 0 aromatic heterocycles. The minimum atomic E-state index is -0.367. The highest BCUT2D eigenvalue weighted by Crippen LogP contribution is 2.14. The van der Waals surface area contributed by atoms with Crippen LogP contribution in [0.3, 0.4) is 0 Å². The average Bonchev–Trinajstić information content (AvgIpc) is 2.51. The van der Waals surface area contributed by atoms with Gasteiger partial charge in [0.1, 0.15) is 6.10 Å². The molecule has 0 aromatic carbocycles. The van der Waals surface area contributed by atoms with Crippen molar-refractivity contribution in [3.63, 3.8) is 0 Å². The van der Waals surface area contributed by atoms with E-state index >= 15 is 0 Å². The summed E-state index contributed by atoms with van der Waals surface area (Å²) < 4.78 is 5.49. The Morgan fingerprint density at radius 2 is 1.40 bits per heavy atom. The normalized spacial score (nSPS) is 13.0. The maximum atomic E-state index is 11.6. The van der Waals surface area contributed by atoms with Crippen molar-refractivity contribution in [2.24, 2.45) is 0 Å². The number of esters is 1. The maximum Gasteiger partial charge on any atom is 0.330 e. The van der Waals surface area contributed by atoms with Crippen LogP contribution in [0.1, 0.15) is 73.6 Å². The first kappa shape index (κ1) is 23.2. The summed E-state index contributed by atoms with van der Waals surface area (Å²) in [4.78, 5) is 11.6. The van der Waals surface area contributed by atoms with Gasteiger partial charge in [-0.3, -0.25) is 0 Å². The number of rotatable bonds is 11. The van der Waals surface area contributed by atoms with Gasteiger partial charge in [0, 0.05) is 12.5 Å². The Labute approximate surface area is 155 Å². The highest BCUT2D eigenvalue weighted by Gasteiger charge is 2.09. The Bertz CT molecular complexity index is 536. The Balaban J connectivity index is 4.81. The zero-order valence-corrected chi connectivity index (χ0v) is 17.0. The van der Waals surface area contributed by atoms with Gasteiger partial charge in [0.25, 0.3) is 0 Å². The van der Waals surface area contributed by atoms with E-state index in [1.807, 2.05) is 0 Å². The number of hydrogen-bond donors (Lipinski definition) is 0. The zero-order valence-electron chi connectivity index (χ0n) is 17.0. The molecule has 0 aliphatic carbocycles. The van der Waals surface area contributed by atoms with Crippen molar-refractivity contribution >= 4 is 5.97 Å². The molecule has 1 unspecified atom stereocenters. The molecule has 0 amide bonds. The second kappa shape index (κ2) is 13.5. The lowest BCUT2D eigenvalue weighted by atomic mass is 10.0. The van der Waals surface area contributed by atoms with Gasteiger partial charge >= 0.3 is 5.97 Å². The average molecular weight is 345 g/mol. The smallest absolute Gasteiger partial charge is 0.330 e. The molecule has 0 spiro atoms. The lowest BCUT2D eigenvalue weighted by Crippen LogP contribution is -2.14. The van der Waals surface area contributed by atoms with Crippen LogP contribution in [0.15, 0.2) is 59.3 Å². The first-order valence-corrected chi connectivity index (χ1v) is 9.17. The van der Waals surface area contributed by atoms with Gasteiger partial charge < -0.3 is 4.74 Å². The molecule has 1 atom stereocenters. The van der Waals surface area contributed by atoms with E-state index in [9.17, 15) is 4.79 Å². The minimum absolute atomic E-state index is 0.226. The van der Waals surface area contributed by atoms with Crippen LogP contribution in [0.2, 0.25) is 0 Å². The maximum absolute atomic E-state index is 11.6. The van der Waals surface area contributed by atoms with Gasteiger partial charge in [0.15, 0.2) is 0 Å². The van der Waals surface area contributed by atoms with E-state index in [0.717, 1.165) is 25.7 Å². The van der Waals surface area contributed by atoms with Gasteiger partial charge in [0.2, 0.25) is 0 Å². The predicted octanol–water partition coefficient (Wildman–Crippen LogP) is 6.86. The van der Waals surface area contributed by atoms with Crippen molar-refractivity contribution in [3.05, 3.63) is 59.3 Å². The van der Waals surface area contributed by atoms with E-state index in [-0.39, 0.29) is 12.1 Å². The van der Waals surface area contributed by atoms with E-state index in [2.05, 4.69) is 72.4 Å². The minimum Gasteiger partial charge on any atom is -0.455 e. The van der Waals surface area contributed by atoms with Gasteiger partial charge in [-0.2, -0.15) is 0 Å². The second-order valence-electron chi connectivity index (χ2n) is 7.12. The molecule has 0 saturated carbocycles. The van der Waals surface area contributed by atoms with Crippen LogP contribution in [0.4, 0.5) is 0 Å². The van der Waals surface area contributed by atoms with Gasteiger partial charge in [-0.05, 0) is 73.3 Å². The first-order chi connectivity index (χ1) is 11.7. The molecular formula is C23H36O2. The van der Waals surface area contributed by atoms with Crippen molar-refractivity contribution in [1.82, 2.24) is 0 Å². The van der Waals surface area contributed by atoms with Crippen LogP contribution in [0, 0.1) is 0 Å². The summed E-state index contributed by atoms with van der Waals surface area (Å²) in [6.45, 7) is 16.2. The van der Waals surface area contributed by atoms with Crippen LogP contribution >= 0.6 is 0 Å². The summed E-state index contributed by atoms with van der Waals surface area (Å²) in [5.74, 6) is -0.367. The summed E-state index contributed by atoms with van der Waals surface area (Å²) in [5, 5.41) is 0. The molecule has 0 bridgehead atoms. The fourth-order valence-electron chi connectivity index (χ4n) is 2.34. The topological polar surface area (TPSA) is 26.3 Å². The molecule has 2 nitrogen and oxygen atoms in total. The molecule has 25 heavy (non-hydrogen) atoms. The zero-order chi connectivity index (χ0) is 19.2. The number of allylic oxidation sites excluding steroid dienone is 6.